The second-order valence-corrected chi connectivity index (χ2v) is 8.17. The molecule has 0 aliphatic carbocycles. The monoisotopic (exact) mass is 461 g/mol. The number of amides is 2. The number of hydrazine groups is 1. The molecule has 1 aliphatic rings. The van der Waals surface area contributed by atoms with Gasteiger partial charge in [-0.1, -0.05) is 0 Å². The lowest BCUT2D eigenvalue weighted by Gasteiger charge is -2.15. The van der Waals surface area contributed by atoms with Gasteiger partial charge in [-0.15, -0.1) is 10.1 Å². The molecule has 3 aromatic carbocycles. The lowest BCUT2D eigenvalue weighted by molar-refractivity contribution is -0.596. The lowest BCUT2D eigenvalue weighted by atomic mass is 9.99. The van der Waals surface area contributed by atoms with E-state index in [2.05, 4.69) is 10.7 Å². The Labute approximate surface area is 197 Å². The largest absolute Gasteiger partial charge is 0.497 e. The average molecular weight is 462 g/mol. The van der Waals surface area contributed by atoms with Crippen LogP contribution in [0.3, 0.4) is 0 Å². The Hall–Kier alpha value is -4.20. The Morgan fingerprint density at radius 2 is 1.68 bits per heavy atom. The van der Waals surface area contributed by atoms with Crippen molar-refractivity contribution in [3.8, 4) is 5.75 Å². The molecule has 7 nitrogen and oxygen atoms in total. The Morgan fingerprint density at radius 1 is 1.03 bits per heavy atom. The molecular weight excluding hydrogens is 435 g/mol. The molecule has 174 valence electrons. The molecule has 2 N–H and O–H groups in total. The van der Waals surface area contributed by atoms with Crippen molar-refractivity contribution in [3.63, 3.8) is 0 Å². The van der Waals surface area contributed by atoms with Crippen LogP contribution in [0, 0.1) is 5.82 Å². The second kappa shape index (κ2) is 9.74. The summed E-state index contributed by atoms with van der Waals surface area (Å²) in [6.45, 7) is 0. The summed E-state index contributed by atoms with van der Waals surface area (Å²) in [5, 5.41) is 2.81. The maximum atomic E-state index is 13.3. The molecule has 1 fully saturated rings. The number of hydrazone groups is 1. The molecule has 4 rings (SSSR count). The molecule has 8 heteroatoms. The van der Waals surface area contributed by atoms with Gasteiger partial charge >= 0.3 is 5.91 Å². The van der Waals surface area contributed by atoms with Crippen LogP contribution in [-0.4, -0.2) is 50.0 Å². The molecule has 1 heterocycles. The minimum Gasteiger partial charge on any atom is -0.497 e. The number of carbonyl (C=O) groups excluding carboxylic acids is 2. The number of halogens is 1. The van der Waals surface area contributed by atoms with Crippen molar-refractivity contribution >= 4 is 23.7 Å². The number of carbonyl (C=O) groups is 2. The third-order valence-corrected chi connectivity index (χ3v) is 5.69. The Bertz CT molecular complexity index is 1210. The fraction of sp³-hybridized carbons (Fsp3) is 0.192. The number of anilines is 1. The first-order chi connectivity index (χ1) is 16.4. The molecule has 0 radical (unpaired) electrons. The molecule has 0 spiro atoms. The van der Waals surface area contributed by atoms with E-state index in [1.54, 1.807) is 23.9 Å². The SMILES string of the molecule is COc1ccc([C@H]2[C@@H](NC(=O)c3ccc(F)cc3)C(=O)N/[N+]2=C\c2ccc(N(C)C)cc2)cc1. The van der Waals surface area contributed by atoms with Crippen molar-refractivity contribution in [1.29, 1.82) is 0 Å². The van der Waals surface area contributed by atoms with Crippen molar-refractivity contribution in [1.82, 2.24) is 10.7 Å². The molecule has 0 aromatic heterocycles. The maximum absolute atomic E-state index is 13.3. The van der Waals surface area contributed by atoms with Gasteiger partial charge in [0, 0.05) is 36.5 Å². The fourth-order valence-corrected chi connectivity index (χ4v) is 3.83. The maximum Gasteiger partial charge on any atom is 0.304 e. The van der Waals surface area contributed by atoms with Crippen LogP contribution in [0.15, 0.2) is 72.8 Å². The van der Waals surface area contributed by atoms with E-state index in [0.29, 0.717) is 5.75 Å². The van der Waals surface area contributed by atoms with Gasteiger partial charge in [-0.05, 0) is 72.8 Å². The topological polar surface area (TPSA) is 73.7 Å². The van der Waals surface area contributed by atoms with Gasteiger partial charge in [0.2, 0.25) is 12.3 Å². The molecule has 0 saturated carbocycles. The van der Waals surface area contributed by atoms with E-state index in [0.717, 1.165) is 16.8 Å². The summed E-state index contributed by atoms with van der Waals surface area (Å²) in [5.41, 5.74) is 5.87. The Balaban J connectivity index is 1.68. The van der Waals surface area contributed by atoms with Gasteiger partial charge in [-0.25, -0.2) is 4.39 Å². The van der Waals surface area contributed by atoms with Crippen LogP contribution in [0.1, 0.15) is 27.5 Å². The minimum atomic E-state index is -0.872. The van der Waals surface area contributed by atoms with E-state index >= 15 is 0 Å². The van der Waals surface area contributed by atoms with Crippen molar-refractivity contribution in [2.75, 3.05) is 26.1 Å². The van der Waals surface area contributed by atoms with Crippen molar-refractivity contribution in [2.24, 2.45) is 0 Å². The summed E-state index contributed by atoms with van der Waals surface area (Å²) in [6, 6.07) is 19.0. The molecule has 0 bridgehead atoms. The molecule has 2 atom stereocenters. The highest BCUT2D eigenvalue weighted by atomic mass is 19.1. The molecular formula is C26H26FN4O3+. The van der Waals surface area contributed by atoms with Crippen LogP contribution in [0.4, 0.5) is 10.1 Å². The zero-order valence-corrected chi connectivity index (χ0v) is 19.2. The van der Waals surface area contributed by atoms with Crippen molar-refractivity contribution in [3.05, 3.63) is 95.3 Å². The van der Waals surface area contributed by atoms with Gasteiger partial charge in [-0.3, -0.25) is 9.59 Å². The van der Waals surface area contributed by atoms with Gasteiger partial charge in [-0.2, -0.15) is 0 Å². The number of methoxy groups -OCH3 is 1. The van der Waals surface area contributed by atoms with Gasteiger partial charge in [0.05, 0.1) is 7.11 Å². The molecule has 2 amide bonds. The summed E-state index contributed by atoms with van der Waals surface area (Å²) in [7, 11) is 5.51. The zero-order valence-electron chi connectivity index (χ0n) is 19.2. The summed E-state index contributed by atoms with van der Waals surface area (Å²) >= 11 is 0. The van der Waals surface area contributed by atoms with Gasteiger partial charge < -0.3 is 15.0 Å². The molecule has 0 unspecified atom stereocenters. The molecule has 3 aromatic rings. The van der Waals surface area contributed by atoms with E-state index in [9.17, 15) is 14.0 Å². The standard InChI is InChI=1S/C26H25FN4O3/c1-30(2)21-12-4-17(5-13-21)16-31-24(18-8-14-22(34-3)15-9-18)23(26(33)29-31)28-25(32)19-6-10-20(27)11-7-19/h4-16,23-24H,1-3H3,(H-,28,29,32,33)/p+1/t23-,24+/m1/s1. The Morgan fingerprint density at radius 3 is 2.26 bits per heavy atom. The lowest BCUT2D eigenvalue weighted by Crippen LogP contribution is -2.42. The predicted octanol–water partition coefficient (Wildman–Crippen LogP) is 2.92. The number of nitrogens with zero attached hydrogens (tertiary/aromatic N) is 2. The third kappa shape index (κ3) is 4.91. The van der Waals surface area contributed by atoms with E-state index < -0.39 is 23.8 Å². The fourth-order valence-electron chi connectivity index (χ4n) is 3.83. The summed E-state index contributed by atoms with van der Waals surface area (Å²) in [6.07, 6.45) is 1.83. The van der Waals surface area contributed by atoms with Crippen LogP contribution in [0.25, 0.3) is 0 Å². The van der Waals surface area contributed by atoms with Crippen LogP contribution < -0.4 is 20.4 Å². The van der Waals surface area contributed by atoms with Gasteiger partial charge in [0.1, 0.15) is 11.6 Å². The summed E-state index contributed by atoms with van der Waals surface area (Å²) in [4.78, 5) is 27.8. The number of ether oxygens (including phenoxy) is 1. The second-order valence-electron chi connectivity index (χ2n) is 8.17. The first kappa shape index (κ1) is 23.0. The summed E-state index contributed by atoms with van der Waals surface area (Å²) < 4.78 is 20.2. The average Bonchev–Trinajstić information content (AvgIpc) is 3.14. The van der Waals surface area contributed by atoms with E-state index in [-0.39, 0.29) is 11.5 Å². The molecule has 1 saturated heterocycles. The number of rotatable bonds is 6. The normalized spacial score (nSPS) is 18.5. The number of hydrogen-bond acceptors (Lipinski definition) is 4. The van der Waals surface area contributed by atoms with Crippen molar-refractivity contribution < 1.29 is 23.4 Å². The first-order valence-electron chi connectivity index (χ1n) is 10.8. The van der Waals surface area contributed by atoms with Crippen LogP contribution in [0.2, 0.25) is 0 Å². The highest BCUT2D eigenvalue weighted by Gasteiger charge is 2.47. The van der Waals surface area contributed by atoms with Crippen molar-refractivity contribution in [2.45, 2.75) is 12.1 Å². The van der Waals surface area contributed by atoms with Crippen LogP contribution >= 0.6 is 0 Å². The first-order valence-corrected chi connectivity index (χ1v) is 10.8. The van der Waals surface area contributed by atoms with Gasteiger partial charge in [0.15, 0.2) is 6.04 Å². The number of nitrogens with one attached hydrogen (secondary N) is 2. The Kier molecular flexibility index (Phi) is 6.58. The zero-order chi connectivity index (χ0) is 24.2. The quantitative estimate of drug-likeness (QED) is 0.554. The number of benzene rings is 3. The van der Waals surface area contributed by atoms with Gasteiger partial charge in [0.25, 0.3) is 5.91 Å². The predicted molar refractivity (Wildman–Crippen MR) is 128 cm³/mol. The highest BCUT2D eigenvalue weighted by molar-refractivity contribution is 5.98. The number of hydrogen-bond donors (Lipinski definition) is 2. The minimum absolute atomic E-state index is 0.268. The highest BCUT2D eigenvalue weighted by Crippen LogP contribution is 2.27. The smallest absolute Gasteiger partial charge is 0.304 e. The van der Waals surface area contributed by atoms with Crippen LogP contribution in [0.5, 0.6) is 5.75 Å². The summed E-state index contributed by atoms with van der Waals surface area (Å²) in [5.74, 6) is -0.566. The third-order valence-electron chi connectivity index (χ3n) is 5.69. The molecule has 1 aliphatic heterocycles. The van der Waals surface area contributed by atoms with Crippen LogP contribution in [-0.2, 0) is 4.79 Å². The molecule has 34 heavy (non-hydrogen) atoms. The van der Waals surface area contributed by atoms with E-state index in [4.69, 9.17) is 4.74 Å². The van der Waals surface area contributed by atoms with E-state index in [1.807, 2.05) is 61.6 Å². The van der Waals surface area contributed by atoms with E-state index in [1.165, 1.54) is 24.3 Å².